The van der Waals surface area contributed by atoms with Crippen molar-refractivity contribution in [1.29, 1.82) is 0 Å². The van der Waals surface area contributed by atoms with Crippen LogP contribution in [0.25, 0.3) is 0 Å². The molecule has 0 aromatic heterocycles. The second-order valence-electron chi connectivity index (χ2n) is 8.70. The number of rotatable bonds is 21. The summed E-state index contributed by atoms with van der Waals surface area (Å²) in [5, 5.41) is 3.42. The van der Waals surface area contributed by atoms with Crippen molar-refractivity contribution in [3.05, 3.63) is 29.8 Å². The molecule has 0 atom stereocenters. The number of ether oxygens (including phenoxy) is 1. The minimum absolute atomic E-state index is 0.256. The van der Waals surface area contributed by atoms with Crippen molar-refractivity contribution in [2.45, 2.75) is 96.8 Å². The van der Waals surface area contributed by atoms with E-state index in [2.05, 4.69) is 10.0 Å². The van der Waals surface area contributed by atoms with Crippen LogP contribution >= 0.6 is 0 Å². The van der Waals surface area contributed by atoms with Crippen LogP contribution < -0.4 is 10.0 Å². The number of hydrogen-bond donors (Lipinski definition) is 2. The molecule has 1 rings (SSSR count). The lowest BCUT2D eigenvalue weighted by molar-refractivity contribution is 0.0526. The van der Waals surface area contributed by atoms with Crippen molar-refractivity contribution in [3.63, 3.8) is 0 Å². The molecule has 0 saturated heterocycles. The van der Waals surface area contributed by atoms with Gasteiger partial charge in [-0.15, -0.1) is 0 Å². The molecule has 0 amide bonds. The van der Waals surface area contributed by atoms with Crippen LogP contribution in [0, 0.1) is 0 Å². The fraction of sp³-hybridized carbons (Fsp3) is 0.731. The van der Waals surface area contributed by atoms with E-state index < -0.39 is 10.0 Å². The lowest BCUT2D eigenvalue weighted by atomic mass is 10.0. The van der Waals surface area contributed by atoms with Gasteiger partial charge in [0, 0.05) is 12.2 Å². The molecule has 0 aliphatic carbocycles. The first-order chi connectivity index (χ1) is 16.0. The third-order valence-corrected chi connectivity index (χ3v) is 7.32. The van der Waals surface area contributed by atoms with Crippen molar-refractivity contribution in [2.24, 2.45) is 0 Å². The average molecular weight is 483 g/mol. The maximum atomic E-state index is 11.6. The minimum Gasteiger partial charge on any atom is -0.462 e. The lowest BCUT2D eigenvalue weighted by Crippen LogP contribution is -2.21. The molecular weight excluding hydrogens is 436 g/mol. The molecule has 0 spiro atoms. The van der Waals surface area contributed by atoms with E-state index in [1.54, 1.807) is 12.1 Å². The summed E-state index contributed by atoms with van der Waals surface area (Å²) < 4.78 is 30.0. The van der Waals surface area contributed by atoms with Gasteiger partial charge in [-0.25, -0.2) is 17.9 Å². The van der Waals surface area contributed by atoms with Crippen LogP contribution in [0.15, 0.2) is 24.3 Å². The third kappa shape index (κ3) is 15.8. The summed E-state index contributed by atoms with van der Waals surface area (Å²) in [4.78, 5) is 11.6. The molecule has 0 aliphatic heterocycles. The van der Waals surface area contributed by atoms with E-state index in [-0.39, 0.29) is 11.7 Å². The van der Waals surface area contributed by atoms with Crippen molar-refractivity contribution >= 4 is 21.7 Å². The summed E-state index contributed by atoms with van der Waals surface area (Å²) in [5.74, 6) is -0.0108. The Morgan fingerprint density at radius 2 is 1.21 bits per heavy atom. The maximum Gasteiger partial charge on any atom is 0.338 e. The van der Waals surface area contributed by atoms with E-state index in [0.717, 1.165) is 31.5 Å². The molecule has 190 valence electrons. The van der Waals surface area contributed by atoms with E-state index >= 15 is 0 Å². The predicted molar refractivity (Wildman–Crippen MR) is 138 cm³/mol. The summed E-state index contributed by atoms with van der Waals surface area (Å²) >= 11 is 0. The highest BCUT2D eigenvalue weighted by molar-refractivity contribution is 7.89. The number of unbranched alkanes of at least 4 members (excludes halogenated alkanes) is 13. The standard InChI is InChI=1S/C26H46N2O4S/c1-3-32-26(29)24-18-20-25(21-19-24)28-22-16-14-12-10-8-6-4-5-7-9-11-13-15-17-23-33(30,31)27-2/h18-21,27-28H,3-17,22-23H2,1-2H3. The van der Waals surface area contributed by atoms with Crippen molar-refractivity contribution in [3.8, 4) is 0 Å². The molecule has 33 heavy (non-hydrogen) atoms. The zero-order chi connectivity index (χ0) is 24.2. The van der Waals surface area contributed by atoms with Crippen molar-refractivity contribution in [1.82, 2.24) is 4.72 Å². The number of esters is 1. The van der Waals surface area contributed by atoms with E-state index in [9.17, 15) is 13.2 Å². The van der Waals surface area contributed by atoms with Crippen LogP contribution in [0.3, 0.4) is 0 Å². The third-order valence-electron chi connectivity index (χ3n) is 5.88. The lowest BCUT2D eigenvalue weighted by Gasteiger charge is -2.07. The molecule has 0 saturated carbocycles. The number of hydrogen-bond acceptors (Lipinski definition) is 5. The topological polar surface area (TPSA) is 84.5 Å². The Labute approximate surface area is 202 Å². The van der Waals surface area contributed by atoms with Gasteiger partial charge in [0.2, 0.25) is 10.0 Å². The quantitative estimate of drug-likeness (QED) is 0.159. The molecule has 0 heterocycles. The largest absolute Gasteiger partial charge is 0.462 e. The fourth-order valence-electron chi connectivity index (χ4n) is 3.81. The van der Waals surface area contributed by atoms with Crippen LogP contribution in [-0.2, 0) is 14.8 Å². The van der Waals surface area contributed by atoms with E-state index in [0.29, 0.717) is 12.2 Å². The maximum absolute atomic E-state index is 11.6. The molecule has 1 aromatic carbocycles. The van der Waals surface area contributed by atoms with Gasteiger partial charge in [0.15, 0.2) is 0 Å². The molecule has 1 aromatic rings. The Bertz CT molecular complexity index is 720. The second-order valence-corrected chi connectivity index (χ2v) is 10.7. The zero-order valence-corrected chi connectivity index (χ0v) is 21.7. The summed E-state index contributed by atoms with van der Waals surface area (Å²) in [5.41, 5.74) is 1.64. The van der Waals surface area contributed by atoms with E-state index in [1.807, 2.05) is 19.1 Å². The highest BCUT2D eigenvalue weighted by Crippen LogP contribution is 2.14. The Kier molecular flexibility index (Phi) is 16.8. The minimum atomic E-state index is -3.02. The zero-order valence-electron chi connectivity index (χ0n) is 20.9. The number of nitrogens with one attached hydrogen (secondary N) is 2. The van der Waals surface area contributed by atoms with Gasteiger partial charge < -0.3 is 10.1 Å². The van der Waals surface area contributed by atoms with Gasteiger partial charge in [0.1, 0.15) is 0 Å². The van der Waals surface area contributed by atoms with Gasteiger partial charge in [-0.3, -0.25) is 0 Å². The number of anilines is 1. The number of benzene rings is 1. The summed E-state index contributed by atoms with van der Waals surface area (Å²) in [6.07, 6.45) is 17.1. The first-order valence-corrected chi connectivity index (χ1v) is 14.6. The Hall–Kier alpha value is -1.60. The fourth-order valence-corrected chi connectivity index (χ4v) is 4.60. The van der Waals surface area contributed by atoms with Gasteiger partial charge in [-0.1, -0.05) is 77.0 Å². The van der Waals surface area contributed by atoms with Gasteiger partial charge in [0.05, 0.1) is 17.9 Å². The molecule has 6 nitrogen and oxygen atoms in total. The van der Waals surface area contributed by atoms with Gasteiger partial charge in [-0.2, -0.15) is 0 Å². The molecule has 0 fully saturated rings. The molecule has 0 radical (unpaired) electrons. The molecule has 0 aliphatic rings. The Morgan fingerprint density at radius 3 is 1.67 bits per heavy atom. The highest BCUT2D eigenvalue weighted by Gasteiger charge is 2.06. The van der Waals surface area contributed by atoms with Crippen molar-refractivity contribution < 1.29 is 17.9 Å². The predicted octanol–water partition coefficient (Wildman–Crippen LogP) is 6.29. The molecular formula is C26H46N2O4S. The van der Waals surface area contributed by atoms with Crippen LogP contribution in [0.5, 0.6) is 0 Å². The van der Waals surface area contributed by atoms with E-state index in [4.69, 9.17) is 4.74 Å². The molecule has 7 heteroatoms. The monoisotopic (exact) mass is 482 g/mol. The smallest absolute Gasteiger partial charge is 0.338 e. The van der Waals surface area contributed by atoms with Crippen LogP contribution in [0.2, 0.25) is 0 Å². The number of carbonyl (C=O) groups excluding carboxylic acids is 1. The number of carbonyl (C=O) groups is 1. The Balaban J connectivity index is 1.84. The SMILES string of the molecule is CCOC(=O)c1ccc(NCCCCCCCCCCCCCCCCS(=O)(=O)NC)cc1. The first-order valence-electron chi connectivity index (χ1n) is 12.9. The highest BCUT2D eigenvalue weighted by atomic mass is 32.2. The average Bonchev–Trinajstić information content (AvgIpc) is 2.81. The van der Waals surface area contributed by atoms with Crippen LogP contribution in [0.1, 0.15) is 107 Å². The van der Waals surface area contributed by atoms with Gasteiger partial charge in [0.25, 0.3) is 0 Å². The van der Waals surface area contributed by atoms with E-state index in [1.165, 1.54) is 77.7 Å². The van der Waals surface area contributed by atoms with Crippen LogP contribution in [0.4, 0.5) is 5.69 Å². The number of sulfonamides is 1. The van der Waals surface area contributed by atoms with Crippen LogP contribution in [-0.4, -0.2) is 40.3 Å². The summed E-state index contributed by atoms with van der Waals surface area (Å²) in [6.45, 7) is 3.17. The van der Waals surface area contributed by atoms with Gasteiger partial charge in [-0.05, 0) is 51.1 Å². The van der Waals surface area contributed by atoms with Gasteiger partial charge >= 0.3 is 5.97 Å². The Morgan fingerprint density at radius 1 is 0.758 bits per heavy atom. The molecule has 0 unspecified atom stereocenters. The van der Waals surface area contributed by atoms with Crippen molar-refractivity contribution in [2.75, 3.05) is 31.3 Å². The first kappa shape index (κ1) is 29.4. The molecule has 2 N–H and O–H groups in total. The second kappa shape index (κ2) is 18.8. The summed E-state index contributed by atoms with van der Waals surface area (Å²) in [7, 11) is -1.54. The normalized spacial score (nSPS) is 11.5. The summed E-state index contributed by atoms with van der Waals surface area (Å²) in [6, 6.07) is 7.48. The molecule has 0 bridgehead atoms.